The van der Waals surface area contributed by atoms with Crippen LogP contribution in [0.1, 0.15) is 33.1 Å². The van der Waals surface area contributed by atoms with E-state index in [1.807, 2.05) is 0 Å². The van der Waals surface area contributed by atoms with Crippen molar-refractivity contribution >= 4 is 0 Å². The SMILES string of the molecule is CC1(C)CN(CC2CCCC2N)C1. The van der Waals surface area contributed by atoms with Gasteiger partial charge in [-0.2, -0.15) is 0 Å². The van der Waals surface area contributed by atoms with Crippen LogP contribution in [0.2, 0.25) is 0 Å². The molecule has 2 rings (SSSR count). The molecule has 0 radical (unpaired) electrons. The van der Waals surface area contributed by atoms with E-state index in [1.54, 1.807) is 0 Å². The topological polar surface area (TPSA) is 29.3 Å². The molecule has 2 fully saturated rings. The van der Waals surface area contributed by atoms with E-state index in [-0.39, 0.29) is 0 Å². The summed E-state index contributed by atoms with van der Waals surface area (Å²) in [5.41, 5.74) is 6.62. The first-order valence-electron chi connectivity index (χ1n) is 5.55. The molecule has 2 aliphatic rings. The van der Waals surface area contributed by atoms with Gasteiger partial charge in [0.05, 0.1) is 0 Å². The summed E-state index contributed by atoms with van der Waals surface area (Å²) in [6.45, 7) is 8.49. The van der Waals surface area contributed by atoms with Crippen LogP contribution in [-0.4, -0.2) is 30.6 Å². The van der Waals surface area contributed by atoms with Crippen LogP contribution in [0.5, 0.6) is 0 Å². The van der Waals surface area contributed by atoms with Crippen LogP contribution in [0.3, 0.4) is 0 Å². The second-order valence-corrected chi connectivity index (χ2v) is 5.69. The summed E-state index contributed by atoms with van der Waals surface area (Å²) in [7, 11) is 0. The lowest BCUT2D eigenvalue weighted by Crippen LogP contribution is -2.55. The molecule has 0 spiro atoms. The van der Waals surface area contributed by atoms with Crippen molar-refractivity contribution in [3.63, 3.8) is 0 Å². The standard InChI is InChI=1S/C11H22N2/c1-11(2)7-13(8-11)6-9-4-3-5-10(9)12/h9-10H,3-8,12H2,1-2H3. The quantitative estimate of drug-likeness (QED) is 0.700. The molecule has 0 aromatic rings. The van der Waals surface area contributed by atoms with E-state index in [9.17, 15) is 0 Å². The van der Waals surface area contributed by atoms with Crippen molar-refractivity contribution in [3.05, 3.63) is 0 Å². The molecule has 2 nitrogen and oxygen atoms in total. The van der Waals surface area contributed by atoms with E-state index in [1.165, 1.54) is 38.9 Å². The molecule has 0 bridgehead atoms. The maximum absolute atomic E-state index is 6.05. The molecular formula is C11H22N2. The van der Waals surface area contributed by atoms with E-state index in [0.717, 1.165) is 5.92 Å². The minimum Gasteiger partial charge on any atom is -0.327 e. The Morgan fingerprint density at radius 3 is 2.46 bits per heavy atom. The number of nitrogens with zero attached hydrogens (tertiary/aromatic N) is 1. The van der Waals surface area contributed by atoms with Gasteiger partial charge >= 0.3 is 0 Å². The molecule has 2 unspecified atom stereocenters. The van der Waals surface area contributed by atoms with Crippen LogP contribution in [0, 0.1) is 11.3 Å². The summed E-state index contributed by atoms with van der Waals surface area (Å²) >= 11 is 0. The van der Waals surface area contributed by atoms with E-state index in [4.69, 9.17) is 5.73 Å². The summed E-state index contributed by atoms with van der Waals surface area (Å²) in [5.74, 6) is 0.788. The van der Waals surface area contributed by atoms with Gasteiger partial charge in [0.15, 0.2) is 0 Å². The zero-order valence-electron chi connectivity index (χ0n) is 8.92. The van der Waals surface area contributed by atoms with Crippen molar-refractivity contribution in [2.24, 2.45) is 17.1 Å². The maximum atomic E-state index is 6.05. The summed E-state index contributed by atoms with van der Waals surface area (Å²) in [5, 5.41) is 0. The summed E-state index contributed by atoms with van der Waals surface area (Å²) in [4.78, 5) is 2.57. The second-order valence-electron chi connectivity index (χ2n) is 5.69. The fraction of sp³-hybridized carbons (Fsp3) is 1.00. The van der Waals surface area contributed by atoms with Crippen LogP contribution in [0.15, 0.2) is 0 Å². The molecule has 76 valence electrons. The summed E-state index contributed by atoms with van der Waals surface area (Å²) < 4.78 is 0. The Kier molecular flexibility index (Phi) is 2.37. The Balaban J connectivity index is 1.74. The van der Waals surface area contributed by atoms with Crippen molar-refractivity contribution < 1.29 is 0 Å². The van der Waals surface area contributed by atoms with Gasteiger partial charge < -0.3 is 10.6 Å². The predicted octanol–water partition coefficient (Wildman–Crippen LogP) is 1.46. The molecule has 1 saturated carbocycles. The molecule has 0 aromatic carbocycles. The zero-order chi connectivity index (χ0) is 9.47. The highest BCUT2D eigenvalue weighted by Crippen LogP contribution is 2.32. The van der Waals surface area contributed by atoms with E-state index in [0.29, 0.717) is 11.5 Å². The Hall–Kier alpha value is -0.0800. The normalized spacial score (nSPS) is 39.0. The van der Waals surface area contributed by atoms with Gasteiger partial charge in [-0.05, 0) is 24.2 Å². The van der Waals surface area contributed by atoms with E-state index in [2.05, 4.69) is 18.7 Å². The first kappa shape index (κ1) is 9.47. The fourth-order valence-corrected chi connectivity index (χ4v) is 2.92. The Bertz CT molecular complexity index is 181. The molecule has 1 heterocycles. The smallest absolute Gasteiger partial charge is 0.00793 e. The highest BCUT2D eigenvalue weighted by molar-refractivity contribution is 4.91. The molecule has 0 aromatic heterocycles. The number of rotatable bonds is 2. The van der Waals surface area contributed by atoms with Gasteiger partial charge in [-0.15, -0.1) is 0 Å². The molecule has 1 aliphatic heterocycles. The van der Waals surface area contributed by atoms with E-state index < -0.39 is 0 Å². The van der Waals surface area contributed by atoms with E-state index >= 15 is 0 Å². The lowest BCUT2D eigenvalue weighted by atomic mass is 9.83. The third kappa shape index (κ3) is 2.05. The molecule has 1 aliphatic carbocycles. The van der Waals surface area contributed by atoms with Gasteiger partial charge in [-0.25, -0.2) is 0 Å². The van der Waals surface area contributed by atoms with Gasteiger partial charge in [-0.3, -0.25) is 0 Å². The van der Waals surface area contributed by atoms with Gasteiger partial charge in [0.1, 0.15) is 0 Å². The maximum Gasteiger partial charge on any atom is 0.00793 e. The molecule has 13 heavy (non-hydrogen) atoms. The molecular weight excluding hydrogens is 160 g/mol. The van der Waals surface area contributed by atoms with Gasteiger partial charge in [0.2, 0.25) is 0 Å². The number of hydrogen-bond acceptors (Lipinski definition) is 2. The van der Waals surface area contributed by atoms with Crippen molar-refractivity contribution in [3.8, 4) is 0 Å². The lowest BCUT2D eigenvalue weighted by molar-refractivity contribution is 0.0172. The van der Waals surface area contributed by atoms with Crippen molar-refractivity contribution in [2.45, 2.75) is 39.2 Å². The lowest BCUT2D eigenvalue weighted by Gasteiger charge is -2.47. The monoisotopic (exact) mass is 182 g/mol. The Labute approximate surface area is 81.5 Å². The highest BCUT2D eigenvalue weighted by Gasteiger charge is 2.36. The van der Waals surface area contributed by atoms with Crippen LogP contribution in [0.25, 0.3) is 0 Å². The highest BCUT2D eigenvalue weighted by atomic mass is 15.2. The van der Waals surface area contributed by atoms with Crippen molar-refractivity contribution in [2.75, 3.05) is 19.6 Å². The van der Waals surface area contributed by atoms with Crippen molar-refractivity contribution in [1.82, 2.24) is 4.90 Å². The molecule has 2 atom stereocenters. The van der Waals surface area contributed by atoms with Crippen LogP contribution in [0.4, 0.5) is 0 Å². The van der Waals surface area contributed by atoms with Crippen LogP contribution in [-0.2, 0) is 0 Å². The third-order valence-electron chi connectivity index (χ3n) is 3.51. The summed E-state index contributed by atoms with van der Waals surface area (Å²) in [6, 6.07) is 0.490. The zero-order valence-corrected chi connectivity index (χ0v) is 8.92. The minimum atomic E-state index is 0.490. The second kappa shape index (κ2) is 3.25. The number of hydrogen-bond donors (Lipinski definition) is 1. The summed E-state index contributed by atoms with van der Waals surface area (Å²) in [6.07, 6.45) is 3.96. The fourth-order valence-electron chi connectivity index (χ4n) is 2.92. The average molecular weight is 182 g/mol. The molecule has 0 amide bonds. The first-order valence-corrected chi connectivity index (χ1v) is 5.55. The molecule has 2 N–H and O–H groups in total. The number of nitrogens with two attached hydrogens (primary N) is 1. The van der Waals surface area contributed by atoms with Gasteiger partial charge in [0.25, 0.3) is 0 Å². The van der Waals surface area contributed by atoms with Crippen LogP contribution >= 0.6 is 0 Å². The number of likely N-dealkylation sites (tertiary alicyclic amines) is 1. The Morgan fingerprint density at radius 2 is 2.00 bits per heavy atom. The minimum absolute atomic E-state index is 0.490. The first-order chi connectivity index (χ1) is 6.07. The molecule has 2 heteroatoms. The van der Waals surface area contributed by atoms with Gasteiger partial charge in [0, 0.05) is 25.7 Å². The average Bonchev–Trinajstić information content (AvgIpc) is 2.33. The Morgan fingerprint density at radius 1 is 1.31 bits per heavy atom. The molecule has 1 saturated heterocycles. The third-order valence-corrected chi connectivity index (χ3v) is 3.51. The van der Waals surface area contributed by atoms with Crippen LogP contribution < -0.4 is 5.73 Å². The van der Waals surface area contributed by atoms with Crippen molar-refractivity contribution in [1.29, 1.82) is 0 Å². The predicted molar refractivity (Wildman–Crippen MR) is 55.5 cm³/mol. The largest absolute Gasteiger partial charge is 0.327 e. The van der Waals surface area contributed by atoms with Gasteiger partial charge in [-0.1, -0.05) is 20.3 Å².